The van der Waals surface area contributed by atoms with Crippen molar-refractivity contribution in [2.75, 3.05) is 0 Å². The van der Waals surface area contributed by atoms with E-state index in [2.05, 4.69) is 9.97 Å². The fourth-order valence-electron chi connectivity index (χ4n) is 2.26. The van der Waals surface area contributed by atoms with Gasteiger partial charge in [-0.3, -0.25) is 0 Å². The van der Waals surface area contributed by atoms with Gasteiger partial charge in [-0.05, 0) is 42.8 Å². The predicted octanol–water partition coefficient (Wildman–Crippen LogP) is 5.51. The molecule has 3 nitrogen and oxygen atoms in total. The van der Waals surface area contributed by atoms with Gasteiger partial charge < -0.3 is 9.40 Å². The number of furan rings is 1. The number of aromatic amines is 1. The van der Waals surface area contributed by atoms with Crippen LogP contribution in [-0.4, -0.2) is 9.97 Å². The number of rotatable bonds is 2. The zero-order valence-corrected chi connectivity index (χ0v) is 12.8. The molecule has 0 bridgehead atoms. The highest BCUT2D eigenvalue weighted by atomic mass is 35.5. The van der Waals surface area contributed by atoms with Gasteiger partial charge in [0, 0.05) is 22.0 Å². The maximum Gasteiger partial charge on any atom is 0.154 e. The van der Waals surface area contributed by atoms with Gasteiger partial charge in [0.05, 0.1) is 5.69 Å². The van der Waals surface area contributed by atoms with Crippen molar-refractivity contribution in [2.24, 2.45) is 0 Å². The van der Waals surface area contributed by atoms with Crippen LogP contribution in [0.2, 0.25) is 5.02 Å². The maximum atomic E-state index is 6.16. The van der Waals surface area contributed by atoms with Gasteiger partial charge in [-0.1, -0.05) is 11.6 Å². The van der Waals surface area contributed by atoms with Gasteiger partial charge in [0.25, 0.3) is 0 Å². The Kier molecular flexibility index (Phi) is 2.87. The van der Waals surface area contributed by atoms with Crippen molar-refractivity contribution >= 4 is 33.9 Å². The monoisotopic (exact) mass is 314 g/mol. The number of H-pyrrole nitrogens is 1. The van der Waals surface area contributed by atoms with Crippen molar-refractivity contribution in [3.63, 3.8) is 0 Å². The number of hydrogen-bond donors (Lipinski definition) is 1. The zero-order valence-electron chi connectivity index (χ0n) is 11.2. The number of halogens is 1. The van der Waals surface area contributed by atoms with E-state index < -0.39 is 0 Å². The summed E-state index contributed by atoms with van der Waals surface area (Å²) in [5, 5.41) is 4.70. The molecule has 21 heavy (non-hydrogen) atoms. The second kappa shape index (κ2) is 4.76. The Labute approximate surface area is 130 Å². The predicted molar refractivity (Wildman–Crippen MR) is 86.9 cm³/mol. The van der Waals surface area contributed by atoms with E-state index in [-0.39, 0.29) is 0 Å². The molecule has 0 unspecified atom stereocenters. The summed E-state index contributed by atoms with van der Waals surface area (Å²) in [6.45, 7) is 1.97. The summed E-state index contributed by atoms with van der Waals surface area (Å²) in [5.41, 5.74) is 3.70. The molecule has 1 N–H and O–H groups in total. The SMILES string of the molecule is Cc1cc2oc(-c3csc(-c4ccc[nH]4)n3)cc2cc1Cl. The van der Waals surface area contributed by atoms with Crippen molar-refractivity contribution in [3.05, 3.63) is 52.5 Å². The fraction of sp³-hybridized carbons (Fsp3) is 0.0625. The van der Waals surface area contributed by atoms with Crippen molar-refractivity contribution in [2.45, 2.75) is 6.92 Å². The van der Waals surface area contributed by atoms with Crippen LogP contribution in [0.15, 0.2) is 46.3 Å². The summed E-state index contributed by atoms with van der Waals surface area (Å²) < 4.78 is 5.90. The first kappa shape index (κ1) is 12.7. The topological polar surface area (TPSA) is 41.8 Å². The average molecular weight is 315 g/mol. The lowest BCUT2D eigenvalue weighted by molar-refractivity contribution is 0.629. The molecule has 4 aromatic rings. The van der Waals surface area contributed by atoms with Crippen LogP contribution in [0.25, 0.3) is 33.1 Å². The Balaban J connectivity index is 1.80. The Morgan fingerprint density at radius 3 is 3.00 bits per heavy atom. The highest BCUT2D eigenvalue weighted by Gasteiger charge is 2.12. The van der Waals surface area contributed by atoms with Gasteiger partial charge in [-0.25, -0.2) is 4.98 Å². The van der Waals surface area contributed by atoms with Crippen LogP contribution in [0.4, 0.5) is 0 Å². The number of hydrogen-bond acceptors (Lipinski definition) is 3. The standard InChI is InChI=1S/C16H11ClN2OS/c1-9-5-14-10(6-11(9)17)7-15(20-14)13-8-21-16(19-13)12-3-2-4-18-12/h2-8,18H,1H3. The lowest BCUT2D eigenvalue weighted by Crippen LogP contribution is -1.76. The molecule has 0 aliphatic rings. The second-order valence-electron chi connectivity index (χ2n) is 4.87. The van der Waals surface area contributed by atoms with Gasteiger partial charge >= 0.3 is 0 Å². The molecule has 3 aromatic heterocycles. The van der Waals surface area contributed by atoms with Gasteiger partial charge in [0.2, 0.25) is 0 Å². The molecule has 3 heterocycles. The summed E-state index contributed by atoms with van der Waals surface area (Å²) in [4.78, 5) is 7.78. The first-order chi connectivity index (χ1) is 10.2. The number of benzene rings is 1. The summed E-state index contributed by atoms with van der Waals surface area (Å²) in [7, 11) is 0. The summed E-state index contributed by atoms with van der Waals surface area (Å²) >= 11 is 7.75. The summed E-state index contributed by atoms with van der Waals surface area (Å²) in [6, 6.07) is 9.83. The van der Waals surface area contributed by atoms with Crippen LogP contribution >= 0.6 is 22.9 Å². The van der Waals surface area contributed by atoms with E-state index in [4.69, 9.17) is 16.0 Å². The lowest BCUT2D eigenvalue weighted by atomic mass is 10.2. The van der Waals surface area contributed by atoms with Crippen molar-refractivity contribution < 1.29 is 4.42 Å². The molecule has 0 fully saturated rings. The second-order valence-corrected chi connectivity index (χ2v) is 6.14. The molecule has 4 rings (SSSR count). The van der Waals surface area contributed by atoms with E-state index in [9.17, 15) is 0 Å². The van der Waals surface area contributed by atoms with Crippen LogP contribution in [-0.2, 0) is 0 Å². The lowest BCUT2D eigenvalue weighted by Gasteiger charge is -1.95. The number of thiazole rings is 1. The number of nitrogens with zero attached hydrogens (tertiary/aromatic N) is 1. The molecule has 0 aliphatic carbocycles. The smallest absolute Gasteiger partial charge is 0.154 e. The highest BCUT2D eigenvalue weighted by molar-refractivity contribution is 7.13. The molecule has 1 aromatic carbocycles. The van der Waals surface area contributed by atoms with E-state index in [0.717, 1.165) is 43.7 Å². The van der Waals surface area contributed by atoms with Crippen LogP contribution in [0, 0.1) is 6.92 Å². The Bertz CT molecular complexity index is 882. The Morgan fingerprint density at radius 1 is 1.29 bits per heavy atom. The first-order valence-electron chi connectivity index (χ1n) is 6.50. The molecule has 5 heteroatoms. The third-order valence-electron chi connectivity index (χ3n) is 3.38. The van der Waals surface area contributed by atoms with Gasteiger partial charge in [-0.15, -0.1) is 11.3 Å². The molecule has 0 atom stereocenters. The Morgan fingerprint density at radius 2 is 2.19 bits per heavy atom. The van der Waals surface area contributed by atoms with E-state index >= 15 is 0 Å². The van der Waals surface area contributed by atoms with Crippen LogP contribution in [0.5, 0.6) is 0 Å². The molecule has 0 aliphatic heterocycles. The number of nitrogens with one attached hydrogen (secondary N) is 1. The molecule has 0 saturated carbocycles. The highest BCUT2D eigenvalue weighted by Crippen LogP contribution is 2.33. The van der Waals surface area contributed by atoms with E-state index in [1.54, 1.807) is 11.3 Å². The summed E-state index contributed by atoms with van der Waals surface area (Å²) in [6.07, 6.45) is 1.89. The quantitative estimate of drug-likeness (QED) is 0.530. The van der Waals surface area contributed by atoms with E-state index in [0.29, 0.717) is 0 Å². The van der Waals surface area contributed by atoms with Gasteiger partial charge in [-0.2, -0.15) is 0 Å². The Hall–Kier alpha value is -2.04. The van der Waals surface area contributed by atoms with Crippen molar-refractivity contribution in [1.82, 2.24) is 9.97 Å². The average Bonchev–Trinajstić information content (AvgIpc) is 3.18. The molecule has 0 amide bonds. The van der Waals surface area contributed by atoms with Crippen molar-refractivity contribution in [1.29, 1.82) is 0 Å². The van der Waals surface area contributed by atoms with Crippen molar-refractivity contribution in [3.8, 4) is 22.2 Å². The first-order valence-corrected chi connectivity index (χ1v) is 7.76. The minimum Gasteiger partial charge on any atom is -0.454 e. The van der Waals surface area contributed by atoms with Crippen LogP contribution in [0.3, 0.4) is 0 Å². The molecular formula is C16H11ClN2OS. The van der Waals surface area contributed by atoms with Gasteiger partial charge in [0.15, 0.2) is 5.76 Å². The van der Waals surface area contributed by atoms with E-state index in [1.807, 2.05) is 48.8 Å². The molecular weight excluding hydrogens is 304 g/mol. The maximum absolute atomic E-state index is 6.16. The largest absolute Gasteiger partial charge is 0.454 e. The normalized spacial score (nSPS) is 11.3. The minimum absolute atomic E-state index is 0.750. The summed E-state index contributed by atoms with van der Waals surface area (Å²) in [5.74, 6) is 0.765. The van der Waals surface area contributed by atoms with Crippen LogP contribution in [0.1, 0.15) is 5.56 Å². The molecule has 0 saturated heterocycles. The number of fused-ring (bicyclic) bond motifs is 1. The van der Waals surface area contributed by atoms with Crippen LogP contribution < -0.4 is 0 Å². The third kappa shape index (κ3) is 2.17. The zero-order chi connectivity index (χ0) is 14.4. The third-order valence-corrected chi connectivity index (χ3v) is 4.67. The molecule has 0 radical (unpaired) electrons. The number of aromatic nitrogens is 2. The fourth-order valence-corrected chi connectivity index (χ4v) is 3.23. The van der Waals surface area contributed by atoms with E-state index in [1.165, 1.54) is 0 Å². The molecule has 0 spiro atoms. The van der Waals surface area contributed by atoms with Gasteiger partial charge in [0.1, 0.15) is 16.3 Å². The minimum atomic E-state index is 0.750. The number of aryl methyl sites for hydroxylation is 1. The molecule has 104 valence electrons.